The molecule has 3 aromatic rings. The third-order valence-electron chi connectivity index (χ3n) is 4.90. The maximum atomic E-state index is 13.4. The summed E-state index contributed by atoms with van der Waals surface area (Å²) in [5.74, 6) is -0.293. The van der Waals surface area contributed by atoms with E-state index in [0.717, 1.165) is 28.0 Å². The Morgan fingerprint density at radius 2 is 1.97 bits per heavy atom. The first-order chi connectivity index (χ1) is 14.0. The average Bonchev–Trinajstić information content (AvgIpc) is 3.21. The number of benzene rings is 1. The third-order valence-corrected chi connectivity index (χ3v) is 5.99. The van der Waals surface area contributed by atoms with E-state index in [1.54, 1.807) is 51.0 Å². The summed E-state index contributed by atoms with van der Waals surface area (Å²) in [4.78, 5) is 26.5. The lowest BCUT2D eigenvalue weighted by atomic mass is 9.87. The van der Waals surface area contributed by atoms with Gasteiger partial charge in [-0.2, -0.15) is 10.4 Å². The Morgan fingerprint density at radius 1 is 1.27 bits per heavy atom. The number of nitriles is 1. The second-order valence-corrected chi connectivity index (χ2v) is 9.32. The molecule has 0 saturated heterocycles. The summed E-state index contributed by atoms with van der Waals surface area (Å²) in [6, 6.07) is 7.74. The first-order valence-electron chi connectivity index (χ1n) is 9.52. The fraction of sp³-hybridized carbons (Fsp3) is 0.304. The first-order valence-corrected chi connectivity index (χ1v) is 10.3. The number of hydrogen-bond acceptors (Lipinski definition) is 5. The van der Waals surface area contributed by atoms with Crippen LogP contribution in [0.3, 0.4) is 0 Å². The lowest BCUT2D eigenvalue weighted by Gasteiger charge is -2.16. The standard InChI is InChI=1S/C23H24N4O2S/c1-14-8-7-9-18(15(14)2)27-21(29)19(10-16-12-25-26(6)13-16)30-22(27)17(11-24)20(28)23(3,4)5/h7-10,12-13H,1-6H3. The molecule has 6 nitrogen and oxygen atoms in total. The molecule has 30 heavy (non-hydrogen) atoms. The van der Waals surface area contributed by atoms with Crippen molar-refractivity contribution >= 4 is 28.8 Å². The zero-order chi connectivity index (χ0) is 22.2. The molecule has 0 unspecified atom stereocenters. The van der Waals surface area contributed by atoms with Crippen molar-refractivity contribution in [2.45, 2.75) is 34.6 Å². The van der Waals surface area contributed by atoms with E-state index in [1.807, 2.05) is 32.0 Å². The van der Waals surface area contributed by atoms with Crippen LogP contribution in [0.25, 0.3) is 17.3 Å². The summed E-state index contributed by atoms with van der Waals surface area (Å²) in [7, 11) is 1.80. The minimum atomic E-state index is -0.745. The van der Waals surface area contributed by atoms with Crippen molar-refractivity contribution in [1.29, 1.82) is 5.26 Å². The summed E-state index contributed by atoms with van der Waals surface area (Å²) in [5.41, 5.74) is 2.38. The molecular weight excluding hydrogens is 396 g/mol. The van der Waals surface area contributed by atoms with Crippen molar-refractivity contribution < 1.29 is 4.79 Å². The molecule has 0 spiro atoms. The van der Waals surface area contributed by atoms with Crippen LogP contribution in [-0.4, -0.2) is 20.1 Å². The van der Waals surface area contributed by atoms with Crippen molar-refractivity contribution in [3.8, 4) is 11.8 Å². The van der Waals surface area contributed by atoms with Crippen LogP contribution in [0.5, 0.6) is 0 Å². The molecule has 0 amide bonds. The normalized spacial score (nSPS) is 13.3. The van der Waals surface area contributed by atoms with Gasteiger partial charge in [0.05, 0.1) is 16.4 Å². The molecule has 0 N–H and O–H groups in total. The SMILES string of the molecule is Cc1cccc(-n2c(=C(C#N)C(=O)C(C)(C)C)sc(=Cc3cnn(C)c3)c2=O)c1C. The third kappa shape index (κ3) is 3.91. The van der Waals surface area contributed by atoms with E-state index in [0.29, 0.717) is 14.9 Å². The quantitative estimate of drug-likeness (QED) is 0.652. The van der Waals surface area contributed by atoms with E-state index in [-0.39, 0.29) is 16.9 Å². The Bertz CT molecular complexity index is 1360. The topological polar surface area (TPSA) is 80.7 Å². The molecule has 0 bridgehead atoms. The summed E-state index contributed by atoms with van der Waals surface area (Å²) in [6.07, 6.45) is 5.20. The molecule has 2 heterocycles. The molecule has 0 atom stereocenters. The average molecular weight is 421 g/mol. The van der Waals surface area contributed by atoms with Crippen molar-refractivity contribution in [3.05, 3.63) is 66.8 Å². The predicted octanol–water partition coefficient (Wildman–Crippen LogP) is 2.37. The van der Waals surface area contributed by atoms with Gasteiger partial charge in [0.2, 0.25) is 0 Å². The maximum Gasteiger partial charge on any atom is 0.273 e. The highest BCUT2D eigenvalue weighted by molar-refractivity contribution is 7.07. The fourth-order valence-corrected chi connectivity index (χ4v) is 4.18. The number of Topliss-reactive ketones (excluding diaryl/α,β-unsaturated/α-hetero) is 1. The molecule has 0 aliphatic heterocycles. The van der Waals surface area contributed by atoms with Crippen LogP contribution in [0.4, 0.5) is 0 Å². The van der Waals surface area contributed by atoms with Crippen molar-refractivity contribution in [2.24, 2.45) is 12.5 Å². The van der Waals surface area contributed by atoms with Gasteiger partial charge in [-0.15, -0.1) is 11.3 Å². The van der Waals surface area contributed by atoms with Crippen molar-refractivity contribution in [1.82, 2.24) is 14.3 Å². The van der Waals surface area contributed by atoms with Gasteiger partial charge in [0, 0.05) is 24.2 Å². The van der Waals surface area contributed by atoms with E-state index in [4.69, 9.17) is 0 Å². The lowest BCUT2D eigenvalue weighted by Crippen LogP contribution is -2.33. The van der Waals surface area contributed by atoms with E-state index in [1.165, 1.54) is 4.57 Å². The van der Waals surface area contributed by atoms with Gasteiger partial charge in [0.25, 0.3) is 5.56 Å². The molecule has 0 aliphatic rings. The van der Waals surface area contributed by atoms with Gasteiger partial charge in [-0.25, -0.2) is 0 Å². The highest BCUT2D eigenvalue weighted by Crippen LogP contribution is 2.20. The second-order valence-electron chi connectivity index (χ2n) is 8.29. The Balaban J connectivity index is 2.49. The highest BCUT2D eigenvalue weighted by Gasteiger charge is 2.27. The number of aromatic nitrogens is 3. The molecule has 154 valence electrons. The van der Waals surface area contributed by atoms with E-state index >= 15 is 0 Å². The number of ketones is 1. The molecule has 1 aromatic carbocycles. The zero-order valence-corrected chi connectivity index (χ0v) is 18.8. The van der Waals surface area contributed by atoms with Gasteiger partial charge in [0.1, 0.15) is 16.3 Å². The summed E-state index contributed by atoms with van der Waals surface area (Å²) < 4.78 is 3.94. The number of rotatable bonds is 3. The monoisotopic (exact) mass is 420 g/mol. The summed E-state index contributed by atoms with van der Waals surface area (Å²) >= 11 is 1.15. The van der Waals surface area contributed by atoms with Gasteiger partial charge >= 0.3 is 0 Å². The number of thiazole rings is 1. The van der Waals surface area contributed by atoms with Gasteiger partial charge in [-0.05, 0) is 37.1 Å². The van der Waals surface area contributed by atoms with Crippen molar-refractivity contribution in [3.63, 3.8) is 0 Å². The van der Waals surface area contributed by atoms with Crippen LogP contribution >= 0.6 is 11.3 Å². The van der Waals surface area contributed by atoms with Gasteiger partial charge in [-0.1, -0.05) is 32.9 Å². The number of aryl methyl sites for hydroxylation is 2. The van der Waals surface area contributed by atoms with E-state index in [9.17, 15) is 14.9 Å². The molecule has 0 radical (unpaired) electrons. The molecule has 3 rings (SSSR count). The molecular formula is C23H24N4O2S. The van der Waals surface area contributed by atoms with E-state index < -0.39 is 5.41 Å². The lowest BCUT2D eigenvalue weighted by molar-refractivity contribution is -0.120. The Hall–Kier alpha value is -3.24. The molecule has 0 saturated carbocycles. The Kier molecular flexibility index (Phi) is 5.64. The van der Waals surface area contributed by atoms with Gasteiger partial charge < -0.3 is 0 Å². The Labute approximate surface area is 179 Å². The highest BCUT2D eigenvalue weighted by atomic mass is 32.1. The number of hydrogen-bond donors (Lipinski definition) is 0. The maximum absolute atomic E-state index is 13.4. The molecule has 2 aromatic heterocycles. The fourth-order valence-electron chi connectivity index (χ4n) is 3.08. The van der Waals surface area contributed by atoms with Crippen LogP contribution in [0.15, 0.2) is 35.4 Å². The van der Waals surface area contributed by atoms with Gasteiger partial charge in [0.15, 0.2) is 5.78 Å². The van der Waals surface area contributed by atoms with Crippen LogP contribution in [-0.2, 0) is 11.8 Å². The van der Waals surface area contributed by atoms with Crippen molar-refractivity contribution in [2.75, 3.05) is 0 Å². The smallest absolute Gasteiger partial charge is 0.273 e. The number of carbonyl (C=O) groups excluding carboxylic acids is 1. The zero-order valence-electron chi connectivity index (χ0n) is 18.0. The van der Waals surface area contributed by atoms with Crippen LogP contribution < -0.4 is 14.8 Å². The second kappa shape index (κ2) is 7.88. The molecule has 7 heteroatoms. The Morgan fingerprint density at radius 3 is 2.53 bits per heavy atom. The molecule has 0 fully saturated rings. The summed E-state index contributed by atoms with van der Waals surface area (Å²) in [5, 5.41) is 14.0. The predicted molar refractivity (Wildman–Crippen MR) is 119 cm³/mol. The van der Waals surface area contributed by atoms with E-state index in [2.05, 4.69) is 11.2 Å². The molecule has 0 aliphatic carbocycles. The number of nitrogens with zero attached hydrogens (tertiary/aromatic N) is 4. The minimum Gasteiger partial charge on any atom is -0.293 e. The van der Waals surface area contributed by atoms with Crippen LogP contribution in [0.1, 0.15) is 37.5 Å². The first kappa shape index (κ1) is 21.5. The number of carbonyl (C=O) groups is 1. The largest absolute Gasteiger partial charge is 0.293 e. The summed E-state index contributed by atoms with van der Waals surface area (Å²) in [6.45, 7) is 9.20. The minimum absolute atomic E-state index is 0.00339. The van der Waals surface area contributed by atoms with Crippen LogP contribution in [0.2, 0.25) is 0 Å². The van der Waals surface area contributed by atoms with Crippen LogP contribution in [0, 0.1) is 30.6 Å². The van der Waals surface area contributed by atoms with Gasteiger partial charge in [-0.3, -0.25) is 18.8 Å².